The molecule has 1 atom stereocenters. The van der Waals surface area contributed by atoms with E-state index in [9.17, 15) is 4.79 Å². The molecule has 1 fully saturated rings. The Hall–Kier alpha value is -1.10. The molecule has 2 N–H and O–H groups in total. The first-order valence-corrected chi connectivity index (χ1v) is 7.83. The number of nitrogens with one attached hydrogen (secondary N) is 2. The lowest BCUT2D eigenvalue weighted by Crippen LogP contribution is -2.46. The Labute approximate surface area is 131 Å². The molecule has 0 spiro atoms. The molecule has 5 heteroatoms. The van der Waals surface area contributed by atoms with E-state index >= 15 is 0 Å². The van der Waals surface area contributed by atoms with Gasteiger partial charge in [0.1, 0.15) is 0 Å². The Morgan fingerprint density at radius 3 is 2.86 bits per heavy atom. The summed E-state index contributed by atoms with van der Waals surface area (Å²) in [5.74, 6) is 0.000561. The van der Waals surface area contributed by atoms with Crippen LogP contribution >= 0.6 is 11.6 Å². The standard InChI is InChI=1S/C16H24ClN3O/c1-11-7-12(2)16(14(17)8-11)19-15(21)10-20-6-4-5-13(9-20)18-3/h7-8,13,18H,4-6,9-10H2,1-3H3,(H,19,21). The number of carbonyl (C=O) groups is 1. The number of likely N-dealkylation sites (N-methyl/N-ethyl adjacent to an activating group) is 1. The van der Waals surface area contributed by atoms with Gasteiger partial charge in [-0.05, 0) is 57.5 Å². The van der Waals surface area contributed by atoms with E-state index in [2.05, 4.69) is 15.5 Å². The van der Waals surface area contributed by atoms with Crippen molar-refractivity contribution in [1.82, 2.24) is 10.2 Å². The zero-order valence-electron chi connectivity index (χ0n) is 13.0. The third-order valence-electron chi connectivity index (χ3n) is 3.98. The summed E-state index contributed by atoms with van der Waals surface area (Å²) < 4.78 is 0. The van der Waals surface area contributed by atoms with Crippen molar-refractivity contribution in [2.24, 2.45) is 0 Å². The molecular formula is C16H24ClN3O. The molecule has 0 bridgehead atoms. The van der Waals surface area contributed by atoms with Crippen LogP contribution in [0, 0.1) is 13.8 Å². The molecule has 1 unspecified atom stereocenters. The minimum Gasteiger partial charge on any atom is -0.323 e. The van der Waals surface area contributed by atoms with E-state index in [4.69, 9.17) is 11.6 Å². The highest BCUT2D eigenvalue weighted by Gasteiger charge is 2.20. The second-order valence-corrected chi connectivity index (χ2v) is 6.26. The maximum Gasteiger partial charge on any atom is 0.238 e. The highest BCUT2D eigenvalue weighted by atomic mass is 35.5. The summed E-state index contributed by atoms with van der Waals surface area (Å²) in [5, 5.41) is 6.84. The summed E-state index contributed by atoms with van der Waals surface area (Å²) in [5.41, 5.74) is 2.83. The monoisotopic (exact) mass is 309 g/mol. The van der Waals surface area contributed by atoms with Crippen LogP contribution < -0.4 is 10.6 Å². The van der Waals surface area contributed by atoms with E-state index < -0.39 is 0 Å². The number of benzene rings is 1. The summed E-state index contributed by atoms with van der Waals surface area (Å²) in [6.07, 6.45) is 2.31. The first-order chi connectivity index (χ1) is 9.99. The van der Waals surface area contributed by atoms with E-state index in [1.807, 2.05) is 33.0 Å². The predicted octanol–water partition coefficient (Wildman–Crippen LogP) is 2.58. The van der Waals surface area contributed by atoms with Gasteiger partial charge in [0.15, 0.2) is 0 Å². The van der Waals surface area contributed by atoms with Crippen LogP contribution in [0.1, 0.15) is 24.0 Å². The first-order valence-electron chi connectivity index (χ1n) is 7.46. The third kappa shape index (κ3) is 4.43. The molecule has 0 saturated carbocycles. The molecule has 1 aromatic carbocycles. The number of carbonyl (C=O) groups excluding carboxylic acids is 1. The summed E-state index contributed by atoms with van der Waals surface area (Å²) in [7, 11) is 1.98. The number of hydrogen-bond acceptors (Lipinski definition) is 3. The number of hydrogen-bond donors (Lipinski definition) is 2. The van der Waals surface area contributed by atoms with Gasteiger partial charge in [0, 0.05) is 12.6 Å². The second kappa shape index (κ2) is 7.25. The summed E-state index contributed by atoms with van der Waals surface area (Å²) >= 11 is 6.23. The number of halogens is 1. The number of nitrogens with zero attached hydrogens (tertiary/aromatic N) is 1. The van der Waals surface area contributed by atoms with Gasteiger partial charge in [0.25, 0.3) is 0 Å². The molecular weight excluding hydrogens is 286 g/mol. The van der Waals surface area contributed by atoms with E-state index in [1.54, 1.807) is 0 Å². The van der Waals surface area contributed by atoms with Crippen LogP contribution in [0.15, 0.2) is 12.1 Å². The summed E-state index contributed by atoms with van der Waals surface area (Å²) in [6, 6.07) is 4.39. The van der Waals surface area contributed by atoms with E-state index in [-0.39, 0.29) is 5.91 Å². The number of likely N-dealkylation sites (tertiary alicyclic amines) is 1. The normalized spacial score (nSPS) is 19.5. The Balaban J connectivity index is 1.96. The molecule has 2 rings (SSSR count). The zero-order chi connectivity index (χ0) is 15.4. The Morgan fingerprint density at radius 1 is 1.43 bits per heavy atom. The van der Waals surface area contributed by atoms with Crippen LogP contribution in [0.25, 0.3) is 0 Å². The molecule has 116 valence electrons. The number of aryl methyl sites for hydroxylation is 2. The SMILES string of the molecule is CNC1CCCN(CC(=O)Nc2c(C)cc(C)cc2Cl)C1. The Kier molecular flexibility index (Phi) is 5.62. The number of piperidine rings is 1. The highest BCUT2D eigenvalue weighted by molar-refractivity contribution is 6.34. The number of rotatable bonds is 4. The van der Waals surface area contributed by atoms with Crippen LogP contribution in [0.2, 0.25) is 5.02 Å². The van der Waals surface area contributed by atoms with Crippen molar-refractivity contribution in [3.63, 3.8) is 0 Å². The van der Waals surface area contributed by atoms with Crippen molar-refractivity contribution in [2.75, 3.05) is 32.0 Å². The van der Waals surface area contributed by atoms with Gasteiger partial charge in [0.05, 0.1) is 17.3 Å². The van der Waals surface area contributed by atoms with Gasteiger partial charge >= 0.3 is 0 Å². The molecule has 1 aliphatic rings. The van der Waals surface area contributed by atoms with Crippen LogP contribution in [0.4, 0.5) is 5.69 Å². The van der Waals surface area contributed by atoms with E-state index in [1.165, 1.54) is 6.42 Å². The van der Waals surface area contributed by atoms with Crippen molar-refractivity contribution in [3.05, 3.63) is 28.3 Å². The molecule has 0 aromatic heterocycles. The Bertz CT molecular complexity index is 495. The van der Waals surface area contributed by atoms with Crippen molar-refractivity contribution in [1.29, 1.82) is 0 Å². The van der Waals surface area contributed by atoms with Crippen LogP contribution in [-0.4, -0.2) is 43.5 Å². The lowest BCUT2D eigenvalue weighted by molar-refractivity contribution is -0.117. The fourth-order valence-electron chi connectivity index (χ4n) is 2.89. The zero-order valence-corrected chi connectivity index (χ0v) is 13.8. The molecule has 1 heterocycles. The van der Waals surface area contributed by atoms with Crippen molar-refractivity contribution in [3.8, 4) is 0 Å². The summed E-state index contributed by atoms with van der Waals surface area (Å²) in [4.78, 5) is 14.4. The van der Waals surface area contributed by atoms with Crippen LogP contribution in [0.3, 0.4) is 0 Å². The summed E-state index contributed by atoms with van der Waals surface area (Å²) in [6.45, 7) is 6.28. The average molecular weight is 310 g/mol. The maximum atomic E-state index is 12.2. The van der Waals surface area contributed by atoms with Crippen molar-refractivity contribution >= 4 is 23.2 Å². The minimum atomic E-state index is 0.000561. The molecule has 0 aliphatic carbocycles. The van der Waals surface area contributed by atoms with Crippen LogP contribution in [-0.2, 0) is 4.79 Å². The van der Waals surface area contributed by atoms with Crippen molar-refractivity contribution < 1.29 is 4.79 Å². The van der Waals surface area contributed by atoms with E-state index in [0.29, 0.717) is 17.6 Å². The smallest absolute Gasteiger partial charge is 0.238 e. The molecule has 0 radical (unpaired) electrons. The Morgan fingerprint density at radius 2 is 2.19 bits per heavy atom. The largest absolute Gasteiger partial charge is 0.323 e. The average Bonchev–Trinajstić information content (AvgIpc) is 2.43. The quantitative estimate of drug-likeness (QED) is 0.898. The fraction of sp³-hybridized carbons (Fsp3) is 0.562. The molecule has 1 aliphatic heterocycles. The predicted molar refractivity (Wildman–Crippen MR) is 88.1 cm³/mol. The topological polar surface area (TPSA) is 44.4 Å². The second-order valence-electron chi connectivity index (χ2n) is 5.85. The third-order valence-corrected chi connectivity index (χ3v) is 4.28. The molecule has 4 nitrogen and oxygen atoms in total. The molecule has 1 aromatic rings. The number of amides is 1. The van der Waals surface area contributed by atoms with Gasteiger partial charge < -0.3 is 10.6 Å². The minimum absolute atomic E-state index is 0.000561. The maximum absolute atomic E-state index is 12.2. The van der Waals surface area contributed by atoms with Gasteiger partial charge in [0.2, 0.25) is 5.91 Å². The molecule has 1 amide bonds. The number of anilines is 1. The lowest BCUT2D eigenvalue weighted by atomic mass is 10.1. The highest BCUT2D eigenvalue weighted by Crippen LogP contribution is 2.27. The molecule has 21 heavy (non-hydrogen) atoms. The van der Waals surface area contributed by atoms with Crippen LogP contribution in [0.5, 0.6) is 0 Å². The van der Waals surface area contributed by atoms with Crippen molar-refractivity contribution in [2.45, 2.75) is 32.7 Å². The van der Waals surface area contributed by atoms with Gasteiger partial charge in [-0.15, -0.1) is 0 Å². The van der Waals surface area contributed by atoms with Gasteiger partial charge in [-0.2, -0.15) is 0 Å². The lowest BCUT2D eigenvalue weighted by Gasteiger charge is -2.32. The van der Waals surface area contributed by atoms with Gasteiger partial charge in [-0.3, -0.25) is 9.69 Å². The molecule has 1 saturated heterocycles. The van der Waals surface area contributed by atoms with Gasteiger partial charge in [-0.25, -0.2) is 0 Å². The van der Waals surface area contributed by atoms with E-state index in [0.717, 1.165) is 36.3 Å². The first kappa shape index (κ1) is 16.3. The van der Waals surface area contributed by atoms with Gasteiger partial charge in [-0.1, -0.05) is 17.7 Å². The fourth-order valence-corrected chi connectivity index (χ4v) is 3.26.